The molecule has 0 radical (unpaired) electrons. The molecule has 1 N–H and O–H groups in total. The molecule has 2 fully saturated rings. The van der Waals surface area contributed by atoms with Gasteiger partial charge in [-0.3, -0.25) is 9.69 Å². The van der Waals surface area contributed by atoms with Gasteiger partial charge in [0.05, 0.1) is 53.9 Å². The zero-order valence-electron chi connectivity index (χ0n) is 21.1. The number of hydrogen-bond acceptors (Lipinski definition) is 7. The molecular formula is C26H26ClFN10O. The lowest BCUT2D eigenvalue weighted by Gasteiger charge is -2.15. The number of carbonyl (C=O) groups excluding carboxylic acids is 1. The maximum absolute atomic E-state index is 14.5. The monoisotopic (exact) mass is 548 g/mol. The zero-order chi connectivity index (χ0) is 26.5. The summed E-state index contributed by atoms with van der Waals surface area (Å²) in [5.74, 6) is -0.479. The average molecular weight is 549 g/mol. The molecule has 0 atom stereocenters. The van der Waals surface area contributed by atoms with Gasteiger partial charge in [-0.15, -0.1) is 5.10 Å². The third-order valence-electron chi connectivity index (χ3n) is 7.34. The Hall–Kier alpha value is -3.90. The number of nitrogens with one attached hydrogen (secondary N) is 1. The molecule has 6 heterocycles. The molecule has 1 saturated heterocycles. The van der Waals surface area contributed by atoms with E-state index in [1.807, 2.05) is 10.7 Å². The lowest BCUT2D eigenvalue weighted by molar-refractivity contribution is 0.0945. The van der Waals surface area contributed by atoms with Gasteiger partial charge in [0.1, 0.15) is 5.52 Å². The van der Waals surface area contributed by atoms with Crippen molar-refractivity contribution < 1.29 is 9.18 Å². The van der Waals surface area contributed by atoms with Gasteiger partial charge >= 0.3 is 0 Å². The van der Waals surface area contributed by atoms with E-state index in [1.54, 1.807) is 17.1 Å². The predicted molar refractivity (Wildman–Crippen MR) is 140 cm³/mol. The molecule has 200 valence electrons. The number of nitrogens with zero attached hydrogens (tertiary/aromatic N) is 9. The van der Waals surface area contributed by atoms with Gasteiger partial charge < -0.3 is 9.72 Å². The minimum absolute atomic E-state index is 0.00686. The Balaban J connectivity index is 1.07. The van der Waals surface area contributed by atoms with E-state index in [4.69, 9.17) is 21.7 Å². The normalized spacial score (nSPS) is 16.1. The number of pyridine rings is 1. The van der Waals surface area contributed by atoms with Crippen molar-refractivity contribution in [2.45, 2.75) is 51.2 Å². The van der Waals surface area contributed by atoms with E-state index in [0.717, 1.165) is 36.7 Å². The summed E-state index contributed by atoms with van der Waals surface area (Å²) >= 11 is 5.90. The molecule has 0 aromatic carbocycles. The molecule has 0 bridgehead atoms. The van der Waals surface area contributed by atoms with Crippen molar-refractivity contribution in [1.82, 2.24) is 49.2 Å². The van der Waals surface area contributed by atoms with Gasteiger partial charge in [-0.1, -0.05) is 16.8 Å². The molecule has 11 nitrogen and oxygen atoms in total. The SMILES string of the molecule is O=C(NCc1ncn2ccc(Cl)c(F)c12)c1cn(Cc2cn3nc(C4CC4)cc(CN4CCCC4)c3n2)nn1. The van der Waals surface area contributed by atoms with Crippen LogP contribution in [0, 0.1) is 5.82 Å². The van der Waals surface area contributed by atoms with Crippen molar-refractivity contribution in [3.05, 3.63) is 76.2 Å². The minimum Gasteiger partial charge on any atom is -0.345 e. The highest BCUT2D eigenvalue weighted by atomic mass is 35.5. The highest BCUT2D eigenvalue weighted by Gasteiger charge is 2.27. The number of aromatic nitrogens is 8. The van der Waals surface area contributed by atoms with E-state index < -0.39 is 11.7 Å². The maximum atomic E-state index is 14.5. The average Bonchev–Trinajstić information content (AvgIpc) is 3.30. The topological polar surface area (TPSA) is 111 Å². The summed E-state index contributed by atoms with van der Waals surface area (Å²) < 4.78 is 19.5. The second kappa shape index (κ2) is 9.69. The highest BCUT2D eigenvalue weighted by Crippen LogP contribution is 2.39. The van der Waals surface area contributed by atoms with Crippen LogP contribution < -0.4 is 5.32 Å². The Labute approximate surface area is 227 Å². The van der Waals surface area contributed by atoms with Gasteiger partial charge in [0.15, 0.2) is 17.2 Å². The van der Waals surface area contributed by atoms with Crippen LogP contribution in [0.2, 0.25) is 5.02 Å². The van der Waals surface area contributed by atoms with Gasteiger partial charge in [0.2, 0.25) is 0 Å². The third kappa shape index (κ3) is 4.74. The second-order valence-electron chi connectivity index (χ2n) is 10.3. The standard InChI is InChI=1S/C26H26ClFN10O/c27-19-5-8-36-15-30-21(24(36)23(19)28)10-29-26(39)22-14-37(34-32-22)12-18-13-38-25(31-18)17(11-35-6-1-2-7-35)9-20(33-38)16-3-4-16/h5,8-9,13-16H,1-4,6-7,10-12H2,(H,29,39). The summed E-state index contributed by atoms with van der Waals surface area (Å²) in [5.41, 5.74) is 4.70. The molecule has 1 amide bonds. The molecule has 1 aliphatic heterocycles. The molecule has 5 aromatic rings. The van der Waals surface area contributed by atoms with Gasteiger partial charge in [0.25, 0.3) is 5.91 Å². The lowest BCUT2D eigenvalue weighted by Crippen LogP contribution is -2.23. The van der Waals surface area contributed by atoms with Gasteiger partial charge in [-0.05, 0) is 50.9 Å². The van der Waals surface area contributed by atoms with Crippen LogP contribution in [-0.2, 0) is 19.6 Å². The fourth-order valence-electron chi connectivity index (χ4n) is 5.18. The Morgan fingerprint density at radius 1 is 1.18 bits per heavy atom. The largest absolute Gasteiger partial charge is 0.345 e. The molecule has 0 unspecified atom stereocenters. The smallest absolute Gasteiger partial charge is 0.273 e. The Morgan fingerprint density at radius 3 is 2.85 bits per heavy atom. The predicted octanol–water partition coefficient (Wildman–Crippen LogP) is 3.21. The van der Waals surface area contributed by atoms with E-state index >= 15 is 0 Å². The first-order valence-electron chi connectivity index (χ1n) is 13.1. The number of likely N-dealkylation sites (tertiary alicyclic amines) is 1. The first-order valence-corrected chi connectivity index (χ1v) is 13.5. The maximum Gasteiger partial charge on any atom is 0.273 e. The number of halogens is 2. The van der Waals surface area contributed by atoms with Gasteiger partial charge in [-0.2, -0.15) is 5.10 Å². The van der Waals surface area contributed by atoms with Crippen molar-refractivity contribution in [1.29, 1.82) is 0 Å². The fourth-order valence-corrected chi connectivity index (χ4v) is 5.32. The summed E-state index contributed by atoms with van der Waals surface area (Å²) in [7, 11) is 0. The number of hydrogen-bond donors (Lipinski definition) is 1. The van der Waals surface area contributed by atoms with Crippen LogP contribution in [-0.4, -0.2) is 62.9 Å². The van der Waals surface area contributed by atoms with Crippen molar-refractivity contribution in [2.75, 3.05) is 13.1 Å². The van der Waals surface area contributed by atoms with Crippen LogP contribution in [0.15, 0.2) is 37.1 Å². The molecular weight excluding hydrogens is 523 g/mol. The van der Waals surface area contributed by atoms with Crippen molar-refractivity contribution in [2.24, 2.45) is 0 Å². The molecule has 13 heteroatoms. The summed E-state index contributed by atoms with van der Waals surface area (Å²) in [6.07, 6.45) is 11.4. The minimum atomic E-state index is -0.582. The van der Waals surface area contributed by atoms with E-state index in [9.17, 15) is 9.18 Å². The van der Waals surface area contributed by atoms with Crippen molar-refractivity contribution in [3.63, 3.8) is 0 Å². The van der Waals surface area contributed by atoms with E-state index in [2.05, 4.69) is 31.6 Å². The van der Waals surface area contributed by atoms with Crippen LogP contribution >= 0.6 is 11.6 Å². The first kappa shape index (κ1) is 24.2. The van der Waals surface area contributed by atoms with Gasteiger partial charge in [0, 0.05) is 24.2 Å². The Bertz CT molecular complexity index is 1700. The van der Waals surface area contributed by atoms with Crippen LogP contribution in [0.25, 0.3) is 11.2 Å². The van der Waals surface area contributed by atoms with E-state index in [-0.39, 0.29) is 22.8 Å². The van der Waals surface area contributed by atoms with Crippen LogP contribution in [0.3, 0.4) is 0 Å². The Kier molecular flexibility index (Phi) is 6.00. The Morgan fingerprint density at radius 2 is 2.03 bits per heavy atom. The van der Waals surface area contributed by atoms with Gasteiger partial charge in [-0.25, -0.2) is 23.6 Å². The zero-order valence-corrected chi connectivity index (χ0v) is 21.9. The second-order valence-corrected chi connectivity index (χ2v) is 10.7. The number of amides is 1. The quantitative estimate of drug-likeness (QED) is 0.317. The number of fused-ring (bicyclic) bond motifs is 2. The highest BCUT2D eigenvalue weighted by molar-refractivity contribution is 6.31. The van der Waals surface area contributed by atoms with Crippen molar-refractivity contribution in [3.8, 4) is 0 Å². The van der Waals surface area contributed by atoms with E-state index in [0.29, 0.717) is 18.2 Å². The molecule has 5 aromatic heterocycles. The summed E-state index contributed by atoms with van der Waals surface area (Å²) in [6, 6.07) is 3.68. The molecule has 1 aliphatic carbocycles. The summed E-state index contributed by atoms with van der Waals surface area (Å²) in [4.78, 5) is 24.3. The lowest BCUT2D eigenvalue weighted by atomic mass is 10.2. The van der Waals surface area contributed by atoms with Crippen molar-refractivity contribution >= 4 is 28.7 Å². The number of rotatable bonds is 8. The molecule has 39 heavy (non-hydrogen) atoms. The fraction of sp³-hybridized carbons (Fsp3) is 0.385. The number of imidazole rings is 2. The van der Waals surface area contributed by atoms with Crippen LogP contribution in [0.5, 0.6) is 0 Å². The molecule has 7 rings (SSSR count). The molecule has 1 saturated carbocycles. The van der Waals surface area contributed by atoms with E-state index in [1.165, 1.54) is 48.0 Å². The molecule has 2 aliphatic rings. The molecule has 0 spiro atoms. The third-order valence-corrected chi connectivity index (χ3v) is 7.63. The number of carbonyl (C=O) groups is 1. The van der Waals surface area contributed by atoms with Crippen LogP contribution in [0.4, 0.5) is 4.39 Å². The summed E-state index contributed by atoms with van der Waals surface area (Å²) in [5, 5.41) is 15.7. The van der Waals surface area contributed by atoms with Crippen LogP contribution in [0.1, 0.15) is 64.7 Å². The summed E-state index contributed by atoms with van der Waals surface area (Å²) in [6.45, 7) is 3.47. The first-order chi connectivity index (χ1) is 19.0.